The maximum Gasteiger partial charge on any atom is 0.318 e. The van der Waals surface area contributed by atoms with Crippen molar-refractivity contribution in [3.05, 3.63) is 84.2 Å². The number of carbonyl (C=O) groups is 2. The number of hydrogen-bond acceptors (Lipinski definition) is 4. The van der Waals surface area contributed by atoms with Crippen molar-refractivity contribution in [2.75, 3.05) is 39.3 Å². The lowest BCUT2D eigenvalue weighted by molar-refractivity contribution is -0.135. The van der Waals surface area contributed by atoms with Gasteiger partial charge in [-0.05, 0) is 48.9 Å². The van der Waals surface area contributed by atoms with Gasteiger partial charge in [-0.15, -0.1) is 6.58 Å². The number of carbonyl (C=O) groups excluding carboxylic acids is 2. The van der Waals surface area contributed by atoms with Crippen LogP contribution in [0.2, 0.25) is 0 Å². The molecule has 0 aromatic heterocycles. The van der Waals surface area contributed by atoms with Crippen molar-refractivity contribution < 1.29 is 19.1 Å². The van der Waals surface area contributed by atoms with Crippen LogP contribution in [-0.4, -0.2) is 77.1 Å². The summed E-state index contributed by atoms with van der Waals surface area (Å²) in [5, 5.41) is 15.0. The molecule has 2 aromatic rings. The van der Waals surface area contributed by atoms with Gasteiger partial charge in [-0.2, -0.15) is 0 Å². The standard InChI is InChI=1S/C33H43FN4O3/c1-2-18-38(32(40)35-21-25-12-14-29(34)15-13-25)30-16-19-36(20-17-30)22-28-23-37(31(39)26-8-6-7-9-26)24-33(28,41)27-10-4-3-5-11-27/h2-5,10-15,26,28,30,41H,1,6-9,16-24H2,(H,35,40)/t28-,33-/m0/s1. The predicted molar refractivity (Wildman–Crippen MR) is 157 cm³/mol. The summed E-state index contributed by atoms with van der Waals surface area (Å²) in [6, 6.07) is 15.9. The fourth-order valence-electron chi connectivity index (χ4n) is 6.91. The van der Waals surface area contributed by atoms with Crippen LogP contribution in [0.4, 0.5) is 9.18 Å². The first-order valence-corrected chi connectivity index (χ1v) is 15.1. The second kappa shape index (κ2) is 13.2. The lowest BCUT2D eigenvalue weighted by Crippen LogP contribution is -2.52. The smallest absolute Gasteiger partial charge is 0.318 e. The van der Waals surface area contributed by atoms with Crippen LogP contribution in [0.15, 0.2) is 67.3 Å². The van der Waals surface area contributed by atoms with Crippen molar-refractivity contribution >= 4 is 11.9 Å². The molecule has 2 saturated heterocycles. The van der Waals surface area contributed by atoms with Gasteiger partial charge in [0.05, 0.1) is 6.54 Å². The molecule has 1 aliphatic carbocycles. The topological polar surface area (TPSA) is 76.1 Å². The molecule has 2 aliphatic heterocycles. The first kappa shape index (κ1) is 29.3. The minimum atomic E-state index is -1.08. The molecule has 2 N–H and O–H groups in total. The molecular weight excluding hydrogens is 519 g/mol. The monoisotopic (exact) mass is 562 g/mol. The Hall–Kier alpha value is -3.23. The Kier molecular flexibility index (Phi) is 9.40. The van der Waals surface area contributed by atoms with Gasteiger partial charge in [-0.1, -0.05) is 61.4 Å². The zero-order chi connectivity index (χ0) is 28.8. The highest BCUT2D eigenvalue weighted by molar-refractivity contribution is 5.79. The quantitative estimate of drug-likeness (QED) is 0.441. The van der Waals surface area contributed by atoms with Gasteiger partial charge >= 0.3 is 6.03 Å². The molecule has 0 unspecified atom stereocenters. The van der Waals surface area contributed by atoms with Gasteiger partial charge in [-0.3, -0.25) is 4.79 Å². The third-order valence-corrected chi connectivity index (χ3v) is 9.26. The lowest BCUT2D eigenvalue weighted by Gasteiger charge is -2.40. The Morgan fingerprint density at radius 2 is 1.73 bits per heavy atom. The zero-order valence-electron chi connectivity index (χ0n) is 23.9. The number of β-amino-alcohol motifs (C(OH)–C–C–N with tert-alkyl or cyclic N) is 1. The molecule has 0 radical (unpaired) electrons. The second-order valence-corrected chi connectivity index (χ2v) is 11.9. The van der Waals surface area contributed by atoms with Crippen LogP contribution in [0.3, 0.4) is 0 Å². The van der Waals surface area contributed by atoms with E-state index in [0.717, 1.165) is 62.7 Å². The fourth-order valence-corrected chi connectivity index (χ4v) is 6.91. The maximum absolute atomic E-state index is 13.3. The molecule has 0 bridgehead atoms. The highest BCUT2D eigenvalue weighted by Gasteiger charge is 2.49. The minimum absolute atomic E-state index is 0.0782. The number of urea groups is 1. The number of nitrogens with zero attached hydrogens (tertiary/aromatic N) is 3. The van der Waals surface area contributed by atoms with Crippen LogP contribution < -0.4 is 5.32 Å². The summed E-state index contributed by atoms with van der Waals surface area (Å²) in [4.78, 5) is 32.6. The van der Waals surface area contributed by atoms with E-state index < -0.39 is 5.60 Å². The van der Waals surface area contributed by atoms with Crippen LogP contribution in [0.1, 0.15) is 49.7 Å². The lowest BCUT2D eigenvalue weighted by atomic mass is 9.83. The van der Waals surface area contributed by atoms with Crippen molar-refractivity contribution in [1.29, 1.82) is 0 Å². The number of piperidine rings is 1. The molecule has 8 heteroatoms. The average molecular weight is 563 g/mol. The molecule has 41 heavy (non-hydrogen) atoms. The highest BCUT2D eigenvalue weighted by Crippen LogP contribution is 2.40. The van der Waals surface area contributed by atoms with Crippen LogP contribution in [0.25, 0.3) is 0 Å². The molecule has 0 spiro atoms. The molecule has 2 atom stereocenters. The number of hydrogen-bond donors (Lipinski definition) is 2. The third-order valence-electron chi connectivity index (χ3n) is 9.26. The number of halogens is 1. The van der Waals surface area contributed by atoms with E-state index in [9.17, 15) is 19.1 Å². The van der Waals surface area contributed by atoms with Gasteiger partial charge in [-0.25, -0.2) is 9.18 Å². The van der Waals surface area contributed by atoms with E-state index in [1.54, 1.807) is 18.2 Å². The van der Waals surface area contributed by atoms with Crippen LogP contribution in [0, 0.1) is 17.7 Å². The fraction of sp³-hybridized carbons (Fsp3) is 0.515. The predicted octanol–water partition coefficient (Wildman–Crippen LogP) is 4.52. The number of amides is 3. The van der Waals surface area contributed by atoms with Crippen molar-refractivity contribution in [3.8, 4) is 0 Å². The molecule has 3 fully saturated rings. The van der Waals surface area contributed by atoms with Gasteiger partial charge < -0.3 is 25.1 Å². The van der Waals surface area contributed by atoms with E-state index in [-0.39, 0.29) is 35.6 Å². The van der Waals surface area contributed by atoms with E-state index in [1.165, 1.54) is 12.1 Å². The van der Waals surface area contributed by atoms with Crippen LogP contribution in [0.5, 0.6) is 0 Å². The molecule has 2 aromatic carbocycles. The Morgan fingerprint density at radius 3 is 2.39 bits per heavy atom. The molecule has 5 rings (SSSR count). The highest BCUT2D eigenvalue weighted by atomic mass is 19.1. The van der Waals surface area contributed by atoms with Crippen LogP contribution in [-0.2, 0) is 16.9 Å². The molecule has 3 amide bonds. The first-order valence-electron chi connectivity index (χ1n) is 15.1. The van der Waals surface area contributed by atoms with E-state index >= 15 is 0 Å². The summed E-state index contributed by atoms with van der Waals surface area (Å²) in [6.07, 6.45) is 7.51. The van der Waals surface area contributed by atoms with Crippen molar-refractivity contribution in [3.63, 3.8) is 0 Å². The molecule has 7 nitrogen and oxygen atoms in total. The normalized spacial score (nSPS) is 24.0. The van der Waals surface area contributed by atoms with Gasteiger partial charge in [0.1, 0.15) is 11.4 Å². The Morgan fingerprint density at radius 1 is 1.05 bits per heavy atom. The number of benzene rings is 2. The Balaban J connectivity index is 1.20. The van der Waals surface area contributed by atoms with E-state index in [0.29, 0.717) is 32.7 Å². The van der Waals surface area contributed by atoms with Gasteiger partial charge in [0.2, 0.25) is 5.91 Å². The Bertz CT molecular complexity index is 1180. The molecule has 220 valence electrons. The summed E-state index contributed by atoms with van der Waals surface area (Å²) >= 11 is 0. The second-order valence-electron chi connectivity index (χ2n) is 11.9. The van der Waals surface area contributed by atoms with Crippen molar-refractivity contribution in [1.82, 2.24) is 20.0 Å². The van der Waals surface area contributed by atoms with Crippen molar-refractivity contribution in [2.45, 2.75) is 56.7 Å². The third kappa shape index (κ3) is 6.81. The summed E-state index contributed by atoms with van der Waals surface area (Å²) < 4.78 is 13.2. The van der Waals surface area contributed by atoms with E-state index in [2.05, 4.69) is 16.8 Å². The summed E-state index contributed by atoms with van der Waals surface area (Å²) in [6.45, 7) is 7.86. The Labute approximate surface area is 243 Å². The summed E-state index contributed by atoms with van der Waals surface area (Å²) in [7, 11) is 0. The average Bonchev–Trinajstić information content (AvgIpc) is 3.65. The number of nitrogens with one attached hydrogen (secondary N) is 1. The van der Waals surface area contributed by atoms with E-state index in [1.807, 2.05) is 40.1 Å². The number of rotatable bonds is 9. The molecule has 3 aliphatic rings. The van der Waals surface area contributed by atoms with Gasteiger partial charge in [0.25, 0.3) is 0 Å². The van der Waals surface area contributed by atoms with E-state index in [4.69, 9.17) is 0 Å². The van der Waals surface area contributed by atoms with Crippen molar-refractivity contribution in [2.24, 2.45) is 11.8 Å². The maximum atomic E-state index is 13.3. The summed E-state index contributed by atoms with van der Waals surface area (Å²) in [5.41, 5.74) is 0.634. The molecule has 2 heterocycles. The van der Waals surface area contributed by atoms with Crippen LogP contribution >= 0.6 is 0 Å². The number of likely N-dealkylation sites (tertiary alicyclic amines) is 2. The largest absolute Gasteiger partial charge is 0.383 e. The zero-order valence-corrected chi connectivity index (χ0v) is 23.9. The van der Waals surface area contributed by atoms with Gasteiger partial charge in [0, 0.05) is 57.1 Å². The van der Waals surface area contributed by atoms with Gasteiger partial charge in [0.15, 0.2) is 0 Å². The molecular formula is C33H43FN4O3. The number of aliphatic hydroxyl groups is 1. The SMILES string of the molecule is C=CCN(C(=O)NCc1ccc(F)cc1)C1CCN(C[C@H]2CN(C(=O)C3CCCC3)C[C@]2(O)c2ccccc2)CC1. The molecule has 1 saturated carbocycles. The first-order chi connectivity index (χ1) is 19.9. The summed E-state index contributed by atoms with van der Waals surface area (Å²) in [5.74, 6) is -0.0949. The minimum Gasteiger partial charge on any atom is -0.383 e.